The van der Waals surface area contributed by atoms with Crippen LogP contribution in [-0.2, 0) is 6.18 Å². The molecule has 4 aromatic rings. The van der Waals surface area contributed by atoms with Gasteiger partial charge in [0.1, 0.15) is 23.8 Å². The zero-order valence-corrected chi connectivity index (χ0v) is 28.5. The Morgan fingerprint density at radius 3 is 2.50 bits per heavy atom. The third-order valence-electron chi connectivity index (χ3n) is 11.8. The molecular formula is C40H37F5N6O. The van der Waals surface area contributed by atoms with E-state index in [1.54, 1.807) is 0 Å². The quantitative estimate of drug-likeness (QED) is 0.0936. The van der Waals surface area contributed by atoms with Crippen LogP contribution in [0.4, 0.5) is 33.5 Å². The minimum absolute atomic E-state index is 0.0545. The summed E-state index contributed by atoms with van der Waals surface area (Å²) in [5, 5.41) is 3.91. The van der Waals surface area contributed by atoms with E-state index in [1.165, 1.54) is 18.2 Å². The molecule has 0 amide bonds. The number of aromatic nitrogens is 2. The number of rotatable bonds is 6. The molecule has 3 aromatic carbocycles. The zero-order valence-electron chi connectivity index (χ0n) is 28.5. The Bertz CT molecular complexity index is 2260. The van der Waals surface area contributed by atoms with Gasteiger partial charge in [0.05, 0.1) is 16.7 Å². The summed E-state index contributed by atoms with van der Waals surface area (Å²) in [4.78, 5) is 13.5. The van der Waals surface area contributed by atoms with Crippen molar-refractivity contribution in [2.24, 2.45) is 5.92 Å². The number of nitrogen functional groups attached to an aromatic ring is 1. The normalized spacial score (nSPS) is 24.2. The van der Waals surface area contributed by atoms with Gasteiger partial charge in [0, 0.05) is 59.8 Å². The molecule has 4 saturated heterocycles. The Hall–Kier alpha value is -4.73. The third kappa shape index (κ3) is 5.15. The van der Waals surface area contributed by atoms with Crippen LogP contribution in [0.3, 0.4) is 0 Å². The standard InChI is InChI=1S/C40H37F5N6O/c1-4-27-31(41)8-5-23-11-25(46)12-28(32(23)27)33-30(40(43,44)45)13-29-35(34(33)42)47-37(52-20-38-14-21(2)16-51(38)17-22(3)15-38)48-36(29)50-18-26-9-10-39(19-50,49-26)24-6-7-24/h1,5,8,11-13,24,26,49H,2-3,6-7,9-10,14-20,46H2/t26-,39+/m0/s1. The van der Waals surface area contributed by atoms with E-state index in [4.69, 9.17) is 21.9 Å². The second-order valence-electron chi connectivity index (χ2n) is 15.5. The largest absolute Gasteiger partial charge is 0.461 e. The van der Waals surface area contributed by atoms with Crippen molar-refractivity contribution in [2.75, 3.05) is 43.4 Å². The summed E-state index contributed by atoms with van der Waals surface area (Å²) in [6, 6.07) is 6.00. The molecule has 2 bridgehead atoms. The summed E-state index contributed by atoms with van der Waals surface area (Å²) in [6.07, 6.45) is 6.03. The Labute approximate surface area is 297 Å². The monoisotopic (exact) mass is 712 g/mol. The highest BCUT2D eigenvalue weighted by Crippen LogP contribution is 2.50. The highest BCUT2D eigenvalue weighted by atomic mass is 19.4. The van der Waals surface area contributed by atoms with E-state index >= 15 is 22.0 Å². The first-order valence-corrected chi connectivity index (χ1v) is 17.6. The molecule has 9 rings (SSSR count). The topological polar surface area (TPSA) is 79.5 Å². The summed E-state index contributed by atoms with van der Waals surface area (Å²) in [6.45, 7) is 10.9. The average molecular weight is 713 g/mol. The van der Waals surface area contributed by atoms with Crippen LogP contribution in [-0.4, -0.2) is 64.8 Å². The second kappa shape index (κ2) is 11.4. The van der Waals surface area contributed by atoms with Crippen LogP contribution in [0, 0.1) is 29.9 Å². The van der Waals surface area contributed by atoms with Crippen molar-refractivity contribution in [3.05, 3.63) is 77.4 Å². The van der Waals surface area contributed by atoms with Gasteiger partial charge in [0.25, 0.3) is 0 Å². The fourth-order valence-corrected chi connectivity index (χ4v) is 9.60. The van der Waals surface area contributed by atoms with Gasteiger partial charge >= 0.3 is 12.2 Å². The number of ether oxygens (including phenoxy) is 1. The lowest BCUT2D eigenvalue weighted by Gasteiger charge is -2.42. The van der Waals surface area contributed by atoms with Crippen molar-refractivity contribution >= 4 is 33.2 Å². The number of terminal acetylenes is 1. The molecule has 0 radical (unpaired) electrons. The van der Waals surface area contributed by atoms with Crippen molar-refractivity contribution in [3.8, 4) is 29.5 Å². The molecule has 1 saturated carbocycles. The Balaban J connectivity index is 1.27. The molecule has 5 heterocycles. The number of alkyl halides is 3. The fraction of sp³-hybridized carbons (Fsp3) is 0.400. The maximum absolute atomic E-state index is 17.4. The summed E-state index contributed by atoms with van der Waals surface area (Å²) in [5.41, 5.74) is 4.71. The van der Waals surface area contributed by atoms with Crippen LogP contribution >= 0.6 is 0 Å². The van der Waals surface area contributed by atoms with Gasteiger partial charge in [-0.25, -0.2) is 8.78 Å². The van der Waals surface area contributed by atoms with Crippen molar-refractivity contribution in [2.45, 2.75) is 61.8 Å². The maximum atomic E-state index is 17.4. The minimum atomic E-state index is -5.03. The molecule has 5 fully saturated rings. The van der Waals surface area contributed by atoms with E-state index in [1.807, 2.05) is 4.90 Å². The predicted octanol–water partition coefficient (Wildman–Crippen LogP) is 7.37. The van der Waals surface area contributed by atoms with Crippen LogP contribution < -0.4 is 20.7 Å². The smallest absolute Gasteiger partial charge is 0.417 e. The molecule has 2 atom stereocenters. The van der Waals surface area contributed by atoms with Crippen LogP contribution in [0.2, 0.25) is 0 Å². The Morgan fingerprint density at radius 1 is 1.06 bits per heavy atom. The second-order valence-corrected chi connectivity index (χ2v) is 15.5. The van der Waals surface area contributed by atoms with Gasteiger partial charge in [-0.1, -0.05) is 36.3 Å². The van der Waals surface area contributed by atoms with E-state index in [-0.39, 0.29) is 68.5 Å². The summed E-state index contributed by atoms with van der Waals surface area (Å²) < 4.78 is 84.5. The van der Waals surface area contributed by atoms with Crippen LogP contribution in [0.1, 0.15) is 49.7 Å². The van der Waals surface area contributed by atoms with E-state index in [2.05, 4.69) is 34.3 Å². The molecule has 4 aliphatic heterocycles. The van der Waals surface area contributed by atoms with Gasteiger partial charge in [-0.2, -0.15) is 23.1 Å². The number of fused-ring (bicyclic) bond motifs is 5. The van der Waals surface area contributed by atoms with Crippen LogP contribution in [0.5, 0.6) is 6.01 Å². The molecule has 0 unspecified atom stereocenters. The molecule has 52 heavy (non-hydrogen) atoms. The maximum Gasteiger partial charge on any atom is 0.417 e. The zero-order chi connectivity index (χ0) is 36.3. The van der Waals surface area contributed by atoms with Crippen molar-refractivity contribution in [3.63, 3.8) is 0 Å². The van der Waals surface area contributed by atoms with Crippen molar-refractivity contribution < 1.29 is 26.7 Å². The predicted molar refractivity (Wildman–Crippen MR) is 191 cm³/mol. The number of nitrogens with zero attached hydrogens (tertiary/aromatic N) is 4. The number of anilines is 2. The fourth-order valence-electron chi connectivity index (χ4n) is 9.60. The number of hydrogen-bond donors (Lipinski definition) is 2. The molecule has 1 aliphatic carbocycles. The SMILES string of the molecule is C#Cc1c(F)ccc2cc(N)cc(-c3c(C(F)(F)F)cc4c(N5C[C@@H]6CC[C@](C7CC7)(C5)N6)nc(OCC56CC(=C)CN5CC(=C)C6)nc4c3F)c12. The number of halogens is 5. The van der Waals surface area contributed by atoms with Gasteiger partial charge < -0.3 is 20.7 Å². The Morgan fingerprint density at radius 2 is 1.81 bits per heavy atom. The van der Waals surface area contributed by atoms with Crippen LogP contribution in [0.15, 0.2) is 54.6 Å². The summed E-state index contributed by atoms with van der Waals surface area (Å²) >= 11 is 0. The van der Waals surface area contributed by atoms with Crippen molar-refractivity contribution in [1.29, 1.82) is 0 Å². The molecule has 7 nitrogen and oxygen atoms in total. The number of benzene rings is 3. The molecule has 3 N–H and O–H groups in total. The molecule has 268 valence electrons. The molecule has 12 heteroatoms. The Kier molecular flexibility index (Phi) is 7.25. The minimum Gasteiger partial charge on any atom is -0.461 e. The lowest BCUT2D eigenvalue weighted by Crippen LogP contribution is -2.61. The molecular weight excluding hydrogens is 675 g/mol. The lowest BCUT2D eigenvalue weighted by molar-refractivity contribution is -0.137. The molecule has 1 aromatic heterocycles. The van der Waals surface area contributed by atoms with Gasteiger partial charge in [-0.3, -0.25) is 4.90 Å². The van der Waals surface area contributed by atoms with Gasteiger partial charge in [0.2, 0.25) is 0 Å². The number of piperazine rings is 1. The van der Waals surface area contributed by atoms with Crippen molar-refractivity contribution in [1.82, 2.24) is 20.2 Å². The molecule has 5 aliphatic rings. The van der Waals surface area contributed by atoms with E-state index in [9.17, 15) is 0 Å². The summed E-state index contributed by atoms with van der Waals surface area (Å²) in [5.74, 6) is 0.807. The highest BCUT2D eigenvalue weighted by molar-refractivity contribution is 6.06. The van der Waals surface area contributed by atoms with E-state index in [0.717, 1.165) is 49.0 Å². The number of nitrogens with two attached hydrogens (primary N) is 1. The highest BCUT2D eigenvalue weighted by Gasteiger charge is 2.54. The van der Waals surface area contributed by atoms with Gasteiger partial charge in [0.15, 0.2) is 5.82 Å². The van der Waals surface area contributed by atoms with E-state index in [0.29, 0.717) is 44.9 Å². The lowest BCUT2D eigenvalue weighted by atomic mass is 9.89. The first-order chi connectivity index (χ1) is 24.8. The molecule has 0 spiro atoms. The third-order valence-corrected chi connectivity index (χ3v) is 11.8. The average Bonchev–Trinajstić information content (AvgIpc) is 3.77. The van der Waals surface area contributed by atoms with Crippen LogP contribution in [0.25, 0.3) is 32.8 Å². The van der Waals surface area contributed by atoms with E-state index < -0.39 is 34.5 Å². The first kappa shape index (κ1) is 33.1. The van der Waals surface area contributed by atoms with Gasteiger partial charge in [-0.05, 0) is 79.7 Å². The van der Waals surface area contributed by atoms with Gasteiger partial charge in [-0.15, -0.1) is 6.42 Å². The number of hydrogen-bond acceptors (Lipinski definition) is 7. The first-order valence-electron chi connectivity index (χ1n) is 17.6. The number of nitrogens with one attached hydrogen (secondary N) is 1. The summed E-state index contributed by atoms with van der Waals surface area (Å²) in [7, 11) is 0.